The van der Waals surface area contributed by atoms with Gasteiger partial charge in [-0.3, -0.25) is 9.36 Å². The zero-order chi connectivity index (χ0) is 17.4. The van der Waals surface area contributed by atoms with Gasteiger partial charge < -0.3 is 0 Å². The van der Waals surface area contributed by atoms with Gasteiger partial charge >= 0.3 is 0 Å². The van der Waals surface area contributed by atoms with Crippen LogP contribution in [0.1, 0.15) is 48.7 Å². The van der Waals surface area contributed by atoms with E-state index in [1.807, 2.05) is 32.0 Å². The summed E-state index contributed by atoms with van der Waals surface area (Å²) in [5.74, 6) is 1.27. The van der Waals surface area contributed by atoms with Crippen molar-refractivity contribution in [2.75, 3.05) is 0 Å². The molecule has 0 bridgehead atoms. The Balaban J connectivity index is 2.31. The third kappa shape index (κ3) is 2.64. The van der Waals surface area contributed by atoms with Gasteiger partial charge in [0.1, 0.15) is 5.82 Å². The van der Waals surface area contributed by atoms with E-state index in [1.165, 1.54) is 11.1 Å². The van der Waals surface area contributed by atoms with Crippen LogP contribution >= 0.6 is 0 Å². The van der Waals surface area contributed by atoms with E-state index in [-0.39, 0.29) is 5.56 Å². The van der Waals surface area contributed by atoms with E-state index in [1.54, 1.807) is 0 Å². The summed E-state index contributed by atoms with van der Waals surface area (Å²) in [4.78, 5) is 16.6. The molecule has 3 nitrogen and oxygen atoms in total. The number of aromatic nitrogens is 2. The molecule has 1 heterocycles. The van der Waals surface area contributed by atoms with Crippen LogP contribution in [0.4, 0.5) is 0 Å². The summed E-state index contributed by atoms with van der Waals surface area (Å²) in [6, 6.07) is 12.6. The maximum absolute atomic E-state index is 12.3. The minimum Gasteiger partial charge on any atom is -0.298 e. The number of aryl methyl sites for hydroxylation is 3. The van der Waals surface area contributed by atoms with Gasteiger partial charge in [-0.1, -0.05) is 38.1 Å². The van der Waals surface area contributed by atoms with Crippen LogP contribution < -0.4 is 5.56 Å². The average molecular weight is 320 g/mol. The lowest BCUT2D eigenvalue weighted by Gasteiger charge is -2.18. The smallest absolute Gasteiger partial charge is 0.281 e. The molecule has 1 unspecified atom stereocenters. The van der Waals surface area contributed by atoms with Crippen molar-refractivity contribution >= 4 is 10.9 Å². The second-order valence-corrected chi connectivity index (χ2v) is 6.62. The third-order valence-electron chi connectivity index (χ3n) is 4.94. The first-order valence-corrected chi connectivity index (χ1v) is 8.54. The summed E-state index contributed by atoms with van der Waals surface area (Å²) in [5, 5.41) is 0.702. The zero-order valence-corrected chi connectivity index (χ0v) is 15.1. The summed E-state index contributed by atoms with van der Waals surface area (Å²) in [7, 11) is 0. The second-order valence-electron chi connectivity index (χ2n) is 6.62. The summed E-state index contributed by atoms with van der Waals surface area (Å²) < 4.78 is 2.10. The van der Waals surface area contributed by atoms with Crippen molar-refractivity contribution in [3.8, 4) is 5.69 Å². The van der Waals surface area contributed by atoms with Crippen LogP contribution in [0, 0.1) is 20.8 Å². The van der Waals surface area contributed by atoms with Gasteiger partial charge in [-0.15, -0.1) is 0 Å². The van der Waals surface area contributed by atoms with Gasteiger partial charge in [-0.05, 0) is 61.9 Å². The second kappa shape index (κ2) is 6.23. The molecule has 0 aliphatic carbocycles. The molecular weight excluding hydrogens is 296 g/mol. The Bertz CT molecular complexity index is 969. The molecule has 0 saturated heterocycles. The molecule has 0 radical (unpaired) electrons. The first kappa shape index (κ1) is 16.4. The Hall–Kier alpha value is -2.42. The molecule has 0 saturated carbocycles. The Labute approximate surface area is 143 Å². The fraction of sp³-hybridized carbons (Fsp3) is 0.333. The fourth-order valence-corrected chi connectivity index (χ4v) is 3.32. The molecule has 0 spiro atoms. The van der Waals surface area contributed by atoms with Crippen LogP contribution in [-0.2, 0) is 0 Å². The van der Waals surface area contributed by atoms with E-state index in [2.05, 4.69) is 48.5 Å². The van der Waals surface area contributed by atoms with E-state index in [0.717, 1.165) is 29.0 Å². The highest BCUT2D eigenvalue weighted by molar-refractivity contribution is 5.83. The minimum atomic E-state index is -0.147. The lowest BCUT2D eigenvalue weighted by molar-refractivity contribution is 0.732. The number of hydrogen-bond acceptors (Lipinski definition) is 2. The first-order chi connectivity index (χ1) is 11.4. The highest BCUT2D eigenvalue weighted by Crippen LogP contribution is 2.26. The van der Waals surface area contributed by atoms with Gasteiger partial charge in [0.05, 0.1) is 16.6 Å². The molecule has 0 aliphatic rings. The molecule has 0 aliphatic heterocycles. The molecule has 3 heteroatoms. The average Bonchev–Trinajstić information content (AvgIpc) is 2.55. The Morgan fingerprint density at radius 2 is 1.83 bits per heavy atom. The summed E-state index contributed by atoms with van der Waals surface area (Å²) >= 11 is 0. The lowest BCUT2D eigenvalue weighted by atomic mass is 9.96. The van der Waals surface area contributed by atoms with Crippen molar-refractivity contribution in [3.05, 3.63) is 69.3 Å². The Morgan fingerprint density at radius 3 is 2.50 bits per heavy atom. The highest BCUT2D eigenvalue weighted by atomic mass is 16.1. The first-order valence-electron chi connectivity index (χ1n) is 8.54. The normalized spacial score (nSPS) is 12.5. The van der Waals surface area contributed by atoms with Crippen molar-refractivity contribution < 1.29 is 0 Å². The van der Waals surface area contributed by atoms with E-state index < -0.39 is 0 Å². The van der Waals surface area contributed by atoms with Gasteiger partial charge in [0, 0.05) is 0 Å². The molecule has 2 aromatic carbocycles. The van der Waals surface area contributed by atoms with Crippen molar-refractivity contribution in [1.82, 2.24) is 9.55 Å². The fourth-order valence-electron chi connectivity index (χ4n) is 3.32. The van der Waals surface area contributed by atoms with Gasteiger partial charge in [0.25, 0.3) is 5.56 Å². The molecule has 124 valence electrons. The number of fused-ring (bicyclic) bond motifs is 1. The van der Waals surface area contributed by atoms with Crippen molar-refractivity contribution in [2.45, 2.75) is 47.0 Å². The summed E-state index contributed by atoms with van der Waals surface area (Å²) in [6.07, 6.45) is 1.12. The predicted molar refractivity (Wildman–Crippen MR) is 100 cm³/mol. The van der Waals surface area contributed by atoms with Gasteiger partial charge in [0.15, 0.2) is 0 Å². The van der Waals surface area contributed by atoms with Crippen LogP contribution in [0.15, 0.2) is 41.2 Å². The number of nitrogens with zero attached hydrogens (tertiary/aromatic N) is 2. The Kier molecular flexibility index (Phi) is 4.27. The van der Waals surface area contributed by atoms with Gasteiger partial charge in [-0.2, -0.15) is 4.98 Å². The molecular formula is C21H24N2O. The van der Waals surface area contributed by atoms with E-state index in [9.17, 15) is 4.79 Å². The van der Waals surface area contributed by atoms with Gasteiger partial charge in [-0.25, -0.2) is 0 Å². The minimum absolute atomic E-state index is 0.147. The van der Waals surface area contributed by atoms with Gasteiger partial charge in [0.2, 0.25) is 0 Å². The third-order valence-corrected chi connectivity index (χ3v) is 4.94. The van der Waals surface area contributed by atoms with E-state index in [4.69, 9.17) is 0 Å². The molecule has 0 fully saturated rings. The molecule has 3 aromatic rings. The number of rotatable bonds is 3. The molecule has 0 N–H and O–H groups in total. The maximum Gasteiger partial charge on any atom is 0.281 e. The molecule has 1 aromatic heterocycles. The summed E-state index contributed by atoms with van der Waals surface area (Å²) in [5.41, 5.74) is 5.38. The Morgan fingerprint density at radius 1 is 1.08 bits per heavy atom. The van der Waals surface area contributed by atoms with E-state index >= 15 is 0 Å². The van der Waals surface area contributed by atoms with Crippen molar-refractivity contribution in [3.63, 3.8) is 0 Å². The molecule has 1 atom stereocenters. The highest BCUT2D eigenvalue weighted by Gasteiger charge is 2.14. The molecule has 24 heavy (non-hydrogen) atoms. The van der Waals surface area contributed by atoms with Crippen LogP contribution in [0.5, 0.6) is 0 Å². The molecule has 3 rings (SSSR count). The quantitative estimate of drug-likeness (QED) is 0.693. The zero-order valence-electron chi connectivity index (χ0n) is 15.1. The van der Waals surface area contributed by atoms with Crippen molar-refractivity contribution in [2.24, 2.45) is 0 Å². The monoisotopic (exact) mass is 320 g/mol. The van der Waals surface area contributed by atoms with Crippen LogP contribution in [0.3, 0.4) is 0 Å². The predicted octanol–water partition coefficient (Wildman–Crippen LogP) is 4.82. The lowest BCUT2D eigenvalue weighted by Crippen LogP contribution is -2.17. The van der Waals surface area contributed by atoms with Crippen LogP contribution in [0.2, 0.25) is 0 Å². The topological polar surface area (TPSA) is 34.9 Å². The SMILES string of the molecule is CCC(C)c1ccc(-n2c(C)nc(=O)c3c(C)cccc32)c(C)c1. The van der Waals surface area contributed by atoms with Crippen LogP contribution in [-0.4, -0.2) is 9.55 Å². The maximum atomic E-state index is 12.3. The standard InChI is InChI=1S/C21H24N2O/c1-6-13(2)17-10-11-18(15(4)12-17)23-16(5)22-21(24)20-14(3)8-7-9-19(20)23/h7-13H,6H2,1-5H3. The molecule has 0 amide bonds. The van der Waals surface area contributed by atoms with E-state index in [0.29, 0.717) is 11.3 Å². The number of benzene rings is 2. The summed E-state index contributed by atoms with van der Waals surface area (Å²) in [6.45, 7) is 10.4. The van der Waals surface area contributed by atoms with Crippen LogP contribution in [0.25, 0.3) is 16.6 Å². The largest absolute Gasteiger partial charge is 0.298 e. The number of hydrogen-bond donors (Lipinski definition) is 0. The van der Waals surface area contributed by atoms with Crippen molar-refractivity contribution in [1.29, 1.82) is 0 Å².